The molecule has 2 nitrogen and oxygen atoms in total. The van der Waals surface area contributed by atoms with E-state index >= 15 is 0 Å². The van der Waals surface area contributed by atoms with Crippen LogP contribution in [0.2, 0.25) is 0 Å². The molecule has 2 aromatic carbocycles. The van der Waals surface area contributed by atoms with E-state index in [1.807, 2.05) is 43.3 Å². The van der Waals surface area contributed by atoms with Crippen LogP contribution in [0.1, 0.15) is 12.5 Å². The van der Waals surface area contributed by atoms with Gasteiger partial charge >= 0.3 is 0 Å². The average molecular weight is 258 g/mol. The molecular formula is C16H19FN2. The lowest BCUT2D eigenvalue weighted by Crippen LogP contribution is -2.44. The van der Waals surface area contributed by atoms with Crippen molar-refractivity contribution >= 4 is 5.69 Å². The third-order valence-electron chi connectivity index (χ3n) is 3.21. The highest BCUT2D eigenvalue weighted by Gasteiger charge is 2.24. The molecule has 1 unspecified atom stereocenters. The van der Waals surface area contributed by atoms with E-state index in [9.17, 15) is 4.39 Å². The summed E-state index contributed by atoms with van der Waals surface area (Å²) in [4.78, 5) is 0. The third-order valence-corrected chi connectivity index (χ3v) is 3.21. The summed E-state index contributed by atoms with van der Waals surface area (Å²) in [5.74, 6) is -0.183. The van der Waals surface area contributed by atoms with Crippen LogP contribution in [0.4, 0.5) is 10.1 Å². The van der Waals surface area contributed by atoms with Gasteiger partial charge in [0.1, 0.15) is 5.82 Å². The van der Waals surface area contributed by atoms with Crippen molar-refractivity contribution in [1.29, 1.82) is 0 Å². The van der Waals surface area contributed by atoms with Gasteiger partial charge in [0.05, 0.1) is 5.54 Å². The van der Waals surface area contributed by atoms with E-state index in [0.29, 0.717) is 18.5 Å². The van der Waals surface area contributed by atoms with Crippen molar-refractivity contribution in [3.63, 3.8) is 0 Å². The monoisotopic (exact) mass is 258 g/mol. The third kappa shape index (κ3) is 3.55. The van der Waals surface area contributed by atoms with Crippen molar-refractivity contribution < 1.29 is 4.39 Å². The number of benzene rings is 2. The lowest BCUT2D eigenvalue weighted by atomic mass is 9.92. The van der Waals surface area contributed by atoms with E-state index in [4.69, 9.17) is 5.73 Å². The Bertz CT molecular complexity index is 527. The number of hydrogen-bond donors (Lipinski definition) is 2. The molecule has 0 radical (unpaired) electrons. The summed E-state index contributed by atoms with van der Waals surface area (Å²) in [6.45, 7) is 2.43. The fourth-order valence-corrected chi connectivity index (χ4v) is 2.10. The first-order chi connectivity index (χ1) is 9.13. The van der Waals surface area contributed by atoms with Crippen LogP contribution in [0.15, 0.2) is 54.6 Å². The van der Waals surface area contributed by atoms with Crippen LogP contribution >= 0.6 is 0 Å². The Kier molecular flexibility index (Phi) is 4.17. The summed E-state index contributed by atoms with van der Waals surface area (Å²) >= 11 is 0. The zero-order valence-electron chi connectivity index (χ0n) is 11.1. The maximum Gasteiger partial charge on any atom is 0.126 e. The molecule has 2 rings (SSSR count). The molecule has 3 heteroatoms. The summed E-state index contributed by atoms with van der Waals surface area (Å²) in [6.07, 6.45) is 0.547. The number of anilines is 1. The van der Waals surface area contributed by atoms with Gasteiger partial charge in [-0.2, -0.15) is 0 Å². The van der Waals surface area contributed by atoms with Crippen molar-refractivity contribution in [2.24, 2.45) is 5.73 Å². The molecule has 100 valence electrons. The molecule has 0 aliphatic rings. The van der Waals surface area contributed by atoms with E-state index in [2.05, 4.69) is 5.32 Å². The lowest BCUT2D eigenvalue weighted by molar-refractivity contribution is 0.502. The van der Waals surface area contributed by atoms with Crippen LogP contribution in [0.25, 0.3) is 0 Å². The van der Waals surface area contributed by atoms with E-state index in [0.717, 1.165) is 5.69 Å². The predicted molar refractivity (Wildman–Crippen MR) is 77.6 cm³/mol. The summed E-state index contributed by atoms with van der Waals surface area (Å²) in [7, 11) is 0. The van der Waals surface area contributed by atoms with Gasteiger partial charge in [-0.15, -0.1) is 0 Å². The first kappa shape index (κ1) is 13.6. The number of nitrogens with one attached hydrogen (secondary N) is 1. The van der Waals surface area contributed by atoms with E-state index in [1.54, 1.807) is 12.1 Å². The molecule has 0 spiro atoms. The Morgan fingerprint density at radius 2 is 1.68 bits per heavy atom. The summed E-state index contributed by atoms with van der Waals surface area (Å²) in [5.41, 5.74) is 7.17. The van der Waals surface area contributed by atoms with Gasteiger partial charge in [0, 0.05) is 12.2 Å². The lowest BCUT2D eigenvalue weighted by Gasteiger charge is -2.31. The van der Waals surface area contributed by atoms with Crippen molar-refractivity contribution in [2.75, 3.05) is 11.9 Å². The number of rotatable bonds is 5. The minimum Gasteiger partial charge on any atom is -0.378 e. The van der Waals surface area contributed by atoms with Gasteiger partial charge in [-0.1, -0.05) is 36.4 Å². The first-order valence-corrected chi connectivity index (χ1v) is 6.40. The van der Waals surface area contributed by atoms with Gasteiger partial charge in [0.25, 0.3) is 0 Å². The van der Waals surface area contributed by atoms with E-state index in [1.165, 1.54) is 6.07 Å². The second kappa shape index (κ2) is 5.85. The van der Waals surface area contributed by atoms with Gasteiger partial charge in [0.15, 0.2) is 0 Å². The minimum absolute atomic E-state index is 0.183. The van der Waals surface area contributed by atoms with Gasteiger partial charge in [-0.25, -0.2) is 4.39 Å². The summed E-state index contributed by atoms with van der Waals surface area (Å²) in [5, 5.41) is 3.39. The quantitative estimate of drug-likeness (QED) is 0.864. The maximum absolute atomic E-state index is 13.7. The van der Waals surface area contributed by atoms with Crippen molar-refractivity contribution in [2.45, 2.75) is 18.9 Å². The number of nitrogens with two attached hydrogens (primary N) is 1. The van der Waals surface area contributed by atoms with Crippen LogP contribution in [0, 0.1) is 5.82 Å². The summed E-state index contributed by atoms with van der Waals surface area (Å²) in [6, 6.07) is 16.7. The standard InChI is InChI=1S/C16H19FN2/c1-16(12-18,19-14-8-3-2-4-9-14)11-13-7-5-6-10-15(13)17/h2-10,19H,11-12,18H2,1H3. The van der Waals surface area contributed by atoms with Gasteiger partial charge in [0.2, 0.25) is 0 Å². The molecule has 0 saturated heterocycles. The molecule has 0 heterocycles. The molecule has 0 aliphatic heterocycles. The second-order valence-electron chi connectivity index (χ2n) is 5.02. The largest absolute Gasteiger partial charge is 0.378 e. The first-order valence-electron chi connectivity index (χ1n) is 6.40. The highest BCUT2D eigenvalue weighted by atomic mass is 19.1. The molecule has 0 aliphatic carbocycles. The van der Waals surface area contributed by atoms with E-state index in [-0.39, 0.29) is 11.4 Å². The number of halogens is 1. The Morgan fingerprint density at radius 3 is 2.32 bits per heavy atom. The zero-order valence-corrected chi connectivity index (χ0v) is 11.1. The Morgan fingerprint density at radius 1 is 1.05 bits per heavy atom. The topological polar surface area (TPSA) is 38.0 Å². The average Bonchev–Trinajstić information content (AvgIpc) is 2.42. The molecule has 3 N–H and O–H groups in total. The molecule has 0 bridgehead atoms. The molecule has 19 heavy (non-hydrogen) atoms. The van der Waals surface area contributed by atoms with Gasteiger partial charge in [-0.3, -0.25) is 0 Å². The Hall–Kier alpha value is -1.87. The van der Waals surface area contributed by atoms with Crippen LogP contribution < -0.4 is 11.1 Å². The van der Waals surface area contributed by atoms with Crippen LogP contribution in [-0.4, -0.2) is 12.1 Å². The molecule has 0 amide bonds. The van der Waals surface area contributed by atoms with Crippen LogP contribution in [0.5, 0.6) is 0 Å². The highest BCUT2D eigenvalue weighted by Crippen LogP contribution is 2.20. The highest BCUT2D eigenvalue weighted by molar-refractivity contribution is 5.45. The number of para-hydroxylation sites is 1. The van der Waals surface area contributed by atoms with Crippen molar-refractivity contribution in [3.05, 3.63) is 66.0 Å². The normalized spacial score (nSPS) is 13.8. The van der Waals surface area contributed by atoms with Crippen LogP contribution in [0.3, 0.4) is 0 Å². The predicted octanol–water partition coefficient (Wildman–Crippen LogP) is 3.20. The number of hydrogen-bond acceptors (Lipinski definition) is 2. The fraction of sp³-hybridized carbons (Fsp3) is 0.250. The minimum atomic E-state index is -0.371. The van der Waals surface area contributed by atoms with Gasteiger partial charge in [-0.05, 0) is 37.1 Å². The molecular weight excluding hydrogens is 239 g/mol. The Balaban J connectivity index is 2.17. The maximum atomic E-state index is 13.7. The molecule has 0 aromatic heterocycles. The fourth-order valence-electron chi connectivity index (χ4n) is 2.10. The van der Waals surface area contributed by atoms with E-state index < -0.39 is 0 Å². The SMILES string of the molecule is CC(CN)(Cc1ccccc1F)Nc1ccccc1. The Labute approximate surface area is 113 Å². The summed E-state index contributed by atoms with van der Waals surface area (Å²) < 4.78 is 13.7. The molecule has 2 aromatic rings. The van der Waals surface area contributed by atoms with Crippen molar-refractivity contribution in [3.8, 4) is 0 Å². The van der Waals surface area contributed by atoms with Crippen molar-refractivity contribution in [1.82, 2.24) is 0 Å². The zero-order chi connectivity index (χ0) is 13.7. The molecule has 1 atom stereocenters. The second-order valence-corrected chi connectivity index (χ2v) is 5.02. The van der Waals surface area contributed by atoms with Crippen LogP contribution in [-0.2, 0) is 6.42 Å². The smallest absolute Gasteiger partial charge is 0.126 e. The van der Waals surface area contributed by atoms with Gasteiger partial charge < -0.3 is 11.1 Å². The molecule has 0 fully saturated rings. The molecule has 0 saturated carbocycles.